The Hall–Kier alpha value is -1.84. The summed E-state index contributed by atoms with van der Waals surface area (Å²) < 4.78 is 0. The highest BCUT2D eigenvalue weighted by Gasteiger charge is 2.42. The van der Waals surface area contributed by atoms with Gasteiger partial charge in [-0.3, -0.25) is 9.59 Å². The van der Waals surface area contributed by atoms with E-state index in [2.05, 4.69) is 17.4 Å². The number of hydrogen-bond donors (Lipinski definition) is 1. The summed E-state index contributed by atoms with van der Waals surface area (Å²) >= 11 is 0. The van der Waals surface area contributed by atoms with E-state index in [1.54, 1.807) is 0 Å². The molecule has 1 saturated heterocycles. The fourth-order valence-corrected chi connectivity index (χ4v) is 3.04. The van der Waals surface area contributed by atoms with Crippen LogP contribution in [0, 0.1) is 5.92 Å². The van der Waals surface area contributed by atoms with Crippen molar-refractivity contribution in [2.24, 2.45) is 5.92 Å². The Morgan fingerprint density at radius 2 is 1.90 bits per heavy atom. The van der Waals surface area contributed by atoms with Gasteiger partial charge in [-0.05, 0) is 37.7 Å². The van der Waals surface area contributed by atoms with Crippen molar-refractivity contribution in [2.75, 3.05) is 6.54 Å². The first-order valence-corrected chi connectivity index (χ1v) is 7.79. The molecule has 2 unspecified atom stereocenters. The third-order valence-corrected chi connectivity index (χ3v) is 4.46. The Kier molecular flexibility index (Phi) is 3.95. The molecule has 1 N–H and O–H groups in total. The normalized spacial score (nSPS) is 26.4. The Labute approximate surface area is 125 Å². The highest BCUT2D eigenvalue weighted by Crippen LogP contribution is 2.34. The second-order valence-corrected chi connectivity index (χ2v) is 6.20. The molecule has 2 aliphatic rings. The summed E-state index contributed by atoms with van der Waals surface area (Å²) in [6, 6.07) is 9.86. The number of nitrogens with zero attached hydrogens (tertiary/aromatic N) is 1. The second-order valence-electron chi connectivity index (χ2n) is 6.20. The van der Waals surface area contributed by atoms with Crippen molar-refractivity contribution in [3.8, 4) is 0 Å². The number of carbonyl (C=O) groups is 2. The molecule has 1 aliphatic carbocycles. The molecule has 4 nitrogen and oxygen atoms in total. The Morgan fingerprint density at radius 3 is 2.57 bits per heavy atom. The van der Waals surface area contributed by atoms with Gasteiger partial charge in [-0.25, -0.2) is 0 Å². The van der Waals surface area contributed by atoms with Gasteiger partial charge >= 0.3 is 0 Å². The Morgan fingerprint density at radius 1 is 1.19 bits per heavy atom. The third-order valence-electron chi connectivity index (χ3n) is 4.46. The standard InChI is InChI=1S/C17H22N2O2/c1-12-11-15(20)18-16(14-7-8-14)17(21)19(12)10-9-13-5-3-2-4-6-13/h2-6,12,14,16H,7-11H2,1H3,(H,18,20). The van der Waals surface area contributed by atoms with Crippen molar-refractivity contribution >= 4 is 11.8 Å². The van der Waals surface area contributed by atoms with Crippen LogP contribution in [0.15, 0.2) is 30.3 Å². The monoisotopic (exact) mass is 286 g/mol. The highest BCUT2D eigenvalue weighted by atomic mass is 16.2. The minimum Gasteiger partial charge on any atom is -0.344 e. The summed E-state index contributed by atoms with van der Waals surface area (Å²) in [5, 5.41) is 2.92. The van der Waals surface area contributed by atoms with Crippen LogP contribution in [0.5, 0.6) is 0 Å². The van der Waals surface area contributed by atoms with E-state index in [0.29, 0.717) is 18.9 Å². The van der Waals surface area contributed by atoms with Gasteiger partial charge in [-0.1, -0.05) is 30.3 Å². The zero-order valence-electron chi connectivity index (χ0n) is 12.4. The number of benzene rings is 1. The van der Waals surface area contributed by atoms with E-state index in [4.69, 9.17) is 0 Å². The summed E-state index contributed by atoms with van der Waals surface area (Å²) in [5.41, 5.74) is 1.23. The van der Waals surface area contributed by atoms with Gasteiger partial charge in [-0.15, -0.1) is 0 Å². The lowest BCUT2D eigenvalue weighted by Crippen LogP contribution is -2.48. The lowest BCUT2D eigenvalue weighted by atomic mass is 10.1. The van der Waals surface area contributed by atoms with Gasteiger partial charge in [-0.2, -0.15) is 0 Å². The molecule has 2 atom stereocenters. The van der Waals surface area contributed by atoms with Crippen LogP contribution in [0.1, 0.15) is 31.7 Å². The molecule has 1 aliphatic heterocycles. The molecule has 3 rings (SSSR count). The van der Waals surface area contributed by atoms with Crippen LogP contribution in [0.25, 0.3) is 0 Å². The highest BCUT2D eigenvalue weighted by molar-refractivity contribution is 5.91. The Balaban J connectivity index is 1.71. The summed E-state index contributed by atoms with van der Waals surface area (Å²) in [4.78, 5) is 26.5. The largest absolute Gasteiger partial charge is 0.344 e. The van der Waals surface area contributed by atoms with Gasteiger partial charge in [0.15, 0.2) is 0 Å². The van der Waals surface area contributed by atoms with Crippen molar-refractivity contribution in [3.63, 3.8) is 0 Å². The molecule has 0 spiro atoms. The minimum atomic E-state index is -0.293. The van der Waals surface area contributed by atoms with Gasteiger partial charge < -0.3 is 10.2 Å². The zero-order chi connectivity index (χ0) is 14.8. The number of hydrogen-bond acceptors (Lipinski definition) is 2. The van der Waals surface area contributed by atoms with Crippen molar-refractivity contribution in [3.05, 3.63) is 35.9 Å². The molecule has 1 heterocycles. The van der Waals surface area contributed by atoms with Crippen LogP contribution < -0.4 is 5.32 Å². The molecule has 2 amide bonds. The predicted octanol–water partition coefficient (Wildman–Crippen LogP) is 1.74. The van der Waals surface area contributed by atoms with Crippen LogP contribution in [0.2, 0.25) is 0 Å². The van der Waals surface area contributed by atoms with Crippen molar-refractivity contribution in [2.45, 2.75) is 44.7 Å². The summed E-state index contributed by atoms with van der Waals surface area (Å²) in [6.07, 6.45) is 3.35. The van der Waals surface area contributed by atoms with Crippen molar-refractivity contribution < 1.29 is 9.59 Å². The molecule has 1 saturated carbocycles. The van der Waals surface area contributed by atoms with Crippen molar-refractivity contribution in [1.82, 2.24) is 10.2 Å². The zero-order valence-corrected chi connectivity index (χ0v) is 12.4. The van der Waals surface area contributed by atoms with Crippen LogP contribution >= 0.6 is 0 Å². The number of nitrogens with one attached hydrogen (secondary N) is 1. The molecule has 1 aromatic carbocycles. The number of amides is 2. The molecule has 1 aromatic rings. The van der Waals surface area contributed by atoms with E-state index in [1.165, 1.54) is 5.56 Å². The minimum absolute atomic E-state index is 0.00922. The SMILES string of the molecule is CC1CC(=O)NC(C2CC2)C(=O)N1CCc1ccccc1. The summed E-state index contributed by atoms with van der Waals surface area (Å²) in [7, 11) is 0. The molecule has 4 heteroatoms. The average molecular weight is 286 g/mol. The van der Waals surface area contributed by atoms with Crippen LogP contribution in [-0.2, 0) is 16.0 Å². The molecule has 0 radical (unpaired) electrons. The van der Waals surface area contributed by atoms with E-state index >= 15 is 0 Å². The first kappa shape index (κ1) is 14.1. The van der Waals surface area contributed by atoms with Gasteiger partial charge in [0, 0.05) is 19.0 Å². The van der Waals surface area contributed by atoms with E-state index in [0.717, 1.165) is 19.3 Å². The molecule has 2 fully saturated rings. The van der Waals surface area contributed by atoms with E-state index in [-0.39, 0.29) is 23.9 Å². The molecule has 112 valence electrons. The van der Waals surface area contributed by atoms with Crippen LogP contribution in [0.3, 0.4) is 0 Å². The number of carbonyl (C=O) groups excluding carboxylic acids is 2. The number of rotatable bonds is 4. The van der Waals surface area contributed by atoms with Crippen molar-refractivity contribution in [1.29, 1.82) is 0 Å². The third kappa shape index (κ3) is 3.26. The molecule has 21 heavy (non-hydrogen) atoms. The fraction of sp³-hybridized carbons (Fsp3) is 0.529. The topological polar surface area (TPSA) is 49.4 Å². The Bertz CT molecular complexity index is 525. The van der Waals surface area contributed by atoms with E-state index < -0.39 is 0 Å². The first-order chi connectivity index (χ1) is 10.1. The average Bonchev–Trinajstić information content (AvgIpc) is 3.30. The maximum atomic E-state index is 12.7. The first-order valence-electron chi connectivity index (χ1n) is 7.79. The smallest absolute Gasteiger partial charge is 0.245 e. The van der Waals surface area contributed by atoms with Gasteiger partial charge in [0.2, 0.25) is 11.8 Å². The second kappa shape index (κ2) is 5.88. The lowest BCUT2D eigenvalue weighted by molar-refractivity contribution is -0.135. The van der Waals surface area contributed by atoms with E-state index in [1.807, 2.05) is 30.0 Å². The van der Waals surface area contributed by atoms with E-state index in [9.17, 15) is 9.59 Å². The predicted molar refractivity (Wildman–Crippen MR) is 80.6 cm³/mol. The fourth-order valence-electron chi connectivity index (χ4n) is 3.04. The van der Waals surface area contributed by atoms with Crippen LogP contribution in [0.4, 0.5) is 0 Å². The maximum Gasteiger partial charge on any atom is 0.245 e. The van der Waals surface area contributed by atoms with Crippen LogP contribution in [-0.4, -0.2) is 35.3 Å². The van der Waals surface area contributed by atoms with Gasteiger partial charge in [0.25, 0.3) is 0 Å². The lowest BCUT2D eigenvalue weighted by Gasteiger charge is -2.28. The quantitative estimate of drug-likeness (QED) is 0.916. The molecular weight excluding hydrogens is 264 g/mol. The maximum absolute atomic E-state index is 12.7. The van der Waals surface area contributed by atoms with Gasteiger partial charge in [0.1, 0.15) is 6.04 Å². The molecular formula is C17H22N2O2. The van der Waals surface area contributed by atoms with Gasteiger partial charge in [0.05, 0.1) is 0 Å². The summed E-state index contributed by atoms with van der Waals surface area (Å²) in [5.74, 6) is 0.465. The molecule has 0 bridgehead atoms. The molecule has 0 aromatic heterocycles. The summed E-state index contributed by atoms with van der Waals surface area (Å²) in [6.45, 7) is 2.65.